The smallest absolute Gasteiger partial charge is 0.220 e. The molecule has 0 saturated carbocycles. The Morgan fingerprint density at radius 3 is 3.00 bits per heavy atom. The highest BCUT2D eigenvalue weighted by atomic mass is 15.3. The number of hydrogen-bond donors (Lipinski definition) is 1. The standard InChI is InChI=1S/C13H18N6/c1-9-5-11(17-18(9)2)8-19-4-3-12-10(7-19)6-15-13(14)16-12/h5-6H,3-4,7-8H2,1-2H3,(H2,14,15,16). The third-order valence-corrected chi connectivity index (χ3v) is 3.58. The summed E-state index contributed by atoms with van der Waals surface area (Å²) < 4.78 is 1.91. The van der Waals surface area contributed by atoms with Crippen molar-refractivity contribution >= 4 is 5.95 Å². The fraction of sp³-hybridized carbons (Fsp3) is 0.462. The van der Waals surface area contributed by atoms with Crippen molar-refractivity contribution in [3.05, 3.63) is 34.9 Å². The van der Waals surface area contributed by atoms with Gasteiger partial charge in [0.2, 0.25) is 5.95 Å². The van der Waals surface area contributed by atoms with Gasteiger partial charge >= 0.3 is 0 Å². The van der Waals surface area contributed by atoms with Gasteiger partial charge in [0.1, 0.15) is 0 Å². The van der Waals surface area contributed by atoms with Gasteiger partial charge in [0.25, 0.3) is 0 Å². The Morgan fingerprint density at radius 2 is 2.26 bits per heavy atom. The summed E-state index contributed by atoms with van der Waals surface area (Å²) in [5.74, 6) is 0.368. The third kappa shape index (κ3) is 2.44. The van der Waals surface area contributed by atoms with E-state index < -0.39 is 0 Å². The van der Waals surface area contributed by atoms with Gasteiger partial charge in [-0.05, 0) is 13.0 Å². The molecule has 0 saturated heterocycles. The van der Waals surface area contributed by atoms with Crippen LogP contribution < -0.4 is 5.73 Å². The van der Waals surface area contributed by atoms with Crippen LogP contribution >= 0.6 is 0 Å². The van der Waals surface area contributed by atoms with Crippen molar-refractivity contribution in [3.8, 4) is 0 Å². The lowest BCUT2D eigenvalue weighted by Gasteiger charge is -2.27. The monoisotopic (exact) mass is 258 g/mol. The van der Waals surface area contributed by atoms with E-state index in [4.69, 9.17) is 5.73 Å². The zero-order valence-corrected chi connectivity index (χ0v) is 11.3. The molecule has 1 aliphatic rings. The number of fused-ring (bicyclic) bond motifs is 1. The molecular formula is C13H18N6. The van der Waals surface area contributed by atoms with Crippen molar-refractivity contribution in [2.75, 3.05) is 12.3 Å². The summed E-state index contributed by atoms with van der Waals surface area (Å²) in [7, 11) is 1.97. The molecule has 6 heteroatoms. The van der Waals surface area contributed by atoms with Crippen LogP contribution in [0, 0.1) is 6.92 Å². The third-order valence-electron chi connectivity index (χ3n) is 3.58. The van der Waals surface area contributed by atoms with E-state index in [-0.39, 0.29) is 0 Å². The van der Waals surface area contributed by atoms with Gasteiger partial charge in [0, 0.05) is 50.6 Å². The highest BCUT2D eigenvalue weighted by Gasteiger charge is 2.19. The van der Waals surface area contributed by atoms with Crippen LogP contribution in [-0.4, -0.2) is 31.2 Å². The molecule has 19 heavy (non-hydrogen) atoms. The molecule has 3 rings (SSSR count). The molecule has 0 amide bonds. The molecule has 0 unspecified atom stereocenters. The van der Waals surface area contributed by atoms with Crippen LogP contribution in [0.1, 0.15) is 22.6 Å². The number of aromatic nitrogens is 4. The molecule has 2 N–H and O–H groups in total. The molecule has 6 nitrogen and oxygen atoms in total. The van der Waals surface area contributed by atoms with Gasteiger partial charge in [0.05, 0.1) is 11.4 Å². The summed E-state index contributed by atoms with van der Waals surface area (Å²) in [5, 5.41) is 4.50. The van der Waals surface area contributed by atoms with Crippen LogP contribution in [0.15, 0.2) is 12.3 Å². The largest absolute Gasteiger partial charge is 0.368 e. The Kier molecular flexibility index (Phi) is 2.94. The van der Waals surface area contributed by atoms with Crippen LogP contribution in [0.25, 0.3) is 0 Å². The molecule has 0 fully saturated rings. The van der Waals surface area contributed by atoms with E-state index in [0.29, 0.717) is 5.95 Å². The van der Waals surface area contributed by atoms with Gasteiger partial charge in [-0.15, -0.1) is 0 Å². The Hall–Kier alpha value is -1.95. The van der Waals surface area contributed by atoms with Crippen molar-refractivity contribution in [1.82, 2.24) is 24.6 Å². The van der Waals surface area contributed by atoms with E-state index in [2.05, 4.69) is 33.0 Å². The lowest BCUT2D eigenvalue weighted by Crippen LogP contribution is -2.31. The van der Waals surface area contributed by atoms with E-state index in [0.717, 1.165) is 37.4 Å². The van der Waals surface area contributed by atoms with Crippen LogP contribution in [0.4, 0.5) is 5.95 Å². The minimum absolute atomic E-state index is 0.368. The molecule has 1 aliphatic heterocycles. The zero-order chi connectivity index (χ0) is 13.4. The molecule has 3 heterocycles. The van der Waals surface area contributed by atoms with Gasteiger partial charge < -0.3 is 5.73 Å². The number of aryl methyl sites for hydroxylation is 2. The average molecular weight is 258 g/mol. The minimum Gasteiger partial charge on any atom is -0.368 e. The molecule has 100 valence electrons. The van der Waals surface area contributed by atoms with Crippen molar-refractivity contribution in [1.29, 1.82) is 0 Å². The first-order chi connectivity index (χ1) is 9.11. The first kappa shape index (κ1) is 12.1. The van der Waals surface area contributed by atoms with Crippen LogP contribution in [0.3, 0.4) is 0 Å². The topological polar surface area (TPSA) is 72.9 Å². The number of nitrogens with zero attached hydrogens (tertiary/aromatic N) is 5. The maximum atomic E-state index is 5.61. The van der Waals surface area contributed by atoms with Crippen molar-refractivity contribution in [2.24, 2.45) is 7.05 Å². The van der Waals surface area contributed by atoms with Crippen LogP contribution in [0.5, 0.6) is 0 Å². The van der Waals surface area contributed by atoms with Crippen molar-refractivity contribution < 1.29 is 0 Å². The predicted molar refractivity (Wildman–Crippen MR) is 72.2 cm³/mol. The van der Waals surface area contributed by atoms with Gasteiger partial charge in [-0.1, -0.05) is 0 Å². The number of hydrogen-bond acceptors (Lipinski definition) is 5. The zero-order valence-electron chi connectivity index (χ0n) is 11.3. The van der Waals surface area contributed by atoms with E-state index in [1.807, 2.05) is 17.9 Å². The highest BCUT2D eigenvalue weighted by Crippen LogP contribution is 2.18. The van der Waals surface area contributed by atoms with Gasteiger partial charge in [-0.3, -0.25) is 9.58 Å². The van der Waals surface area contributed by atoms with E-state index in [9.17, 15) is 0 Å². The fourth-order valence-electron chi connectivity index (χ4n) is 2.47. The molecular weight excluding hydrogens is 240 g/mol. The minimum atomic E-state index is 0.368. The maximum Gasteiger partial charge on any atom is 0.220 e. The van der Waals surface area contributed by atoms with Crippen molar-refractivity contribution in [2.45, 2.75) is 26.4 Å². The summed E-state index contributed by atoms with van der Waals surface area (Å²) >= 11 is 0. The quantitative estimate of drug-likeness (QED) is 0.856. The van der Waals surface area contributed by atoms with Gasteiger partial charge in [-0.25, -0.2) is 9.97 Å². The van der Waals surface area contributed by atoms with Crippen LogP contribution in [0.2, 0.25) is 0 Å². The van der Waals surface area contributed by atoms with Gasteiger partial charge in [0.15, 0.2) is 0 Å². The number of nitrogen functional groups attached to an aromatic ring is 1. The summed E-state index contributed by atoms with van der Waals surface area (Å²) in [6.45, 7) is 4.79. The second kappa shape index (κ2) is 4.62. The molecule has 2 aromatic heterocycles. The number of nitrogens with two attached hydrogens (primary N) is 1. The predicted octanol–water partition coefficient (Wildman–Crippen LogP) is 0.659. The normalized spacial score (nSPS) is 15.5. The fourth-order valence-corrected chi connectivity index (χ4v) is 2.47. The Labute approximate surface area is 112 Å². The summed E-state index contributed by atoms with van der Waals surface area (Å²) in [6.07, 6.45) is 2.77. The second-order valence-corrected chi connectivity index (χ2v) is 5.06. The molecule has 0 bridgehead atoms. The first-order valence-electron chi connectivity index (χ1n) is 6.44. The molecule has 0 spiro atoms. The van der Waals surface area contributed by atoms with E-state index in [1.54, 1.807) is 0 Å². The molecule has 0 aromatic carbocycles. The lowest BCUT2D eigenvalue weighted by atomic mass is 10.1. The SMILES string of the molecule is Cc1cc(CN2CCc3nc(N)ncc3C2)nn1C. The summed E-state index contributed by atoms with van der Waals surface area (Å²) in [5.41, 5.74) is 10.2. The van der Waals surface area contributed by atoms with Gasteiger partial charge in [-0.2, -0.15) is 5.10 Å². The molecule has 2 aromatic rings. The summed E-state index contributed by atoms with van der Waals surface area (Å²) in [6, 6.07) is 2.13. The average Bonchev–Trinajstić information content (AvgIpc) is 2.68. The first-order valence-corrected chi connectivity index (χ1v) is 6.44. The Balaban J connectivity index is 1.73. The lowest BCUT2D eigenvalue weighted by molar-refractivity contribution is 0.239. The molecule has 0 radical (unpaired) electrons. The van der Waals surface area contributed by atoms with Crippen molar-refractivity contribution in [3.63, 3.8) is 0 Å². The Morgan fingerprint density at radius 1 is 1.42 bits per heavy atom. The second-order valence-electron chi connectivity index (χ2n) is 5.06. The maximum absolute atomic E-state index is 5.61. The van der Waals surface area contributed by atoms with E-state index >= 15 is 0 Å². The van der Waals surface area contributed by atoms with E-state index in [1.165, 1.54) is 11.3 Å². The highest BCUT2D eigenvalue weighted by molar-refractivity contribution is 5.27. The molecule has 0 atom stereocenters. The number of rotatable bonds is 2. The molecule has 0 aliphatic carbocycles. The number of anilines is 1. The van der Waals surface area contributed by atoms with Crippen LogP contribution in [-0.2, 0) is 26.6 Å². The summed E-state index contributed by atoms with van der Waals surface area (Å²) in [4.78, 5) is 10.7. The Bertz CT molecular complexity index is 584.